The van der Waals surface area contributed by atoms with Crippen molar-refractivity contribution in [1.82, 2.24) is 4.90 Å². The van der Waals surface area contributed by atoms with Crippen LogP contribution >= 0.6 is 0 Å². The first-order valence-electron chi connectivity index (χ1n) is 8.27. The highest BCUT2D eigenvalue weighted by Gasteiger charge is 2.43. The fourth-order valence-corrected chi connectivity index (χ4v) is 3.91. The van der Waals surface area contributed by atoms with E-state index < -0.39 is 0 Å². The lowest BCUT2D eigenvalue weighted by Crippen LogP contribution is -2.61. The molecular weight excluding hydrogens is 232 g/mol. The molecule has 2 N–H and O–H groups in total. The highest BCUT2D eigenvalue weighted by Crippen LogP contribution is 2.41. The van der Waals surface area contributed by atoms with Crippen molar-refractivity contribution < 1.29 is 0 Å². The molecule has 1 fully saturated rings. The molecule has 0 aromatic heterocycles. The van der Waals surface area contributed by atoms with Gasteiger partial charge in [0, 0.05) is 25.2 Å². The fourth-order valence-electron chi connectivity index (χ4n) is 3.91. The maximum atomic E-state index is 6.28. The normalized spacial score (nSPS) is 32.5. The minimum atomic E-state index is 0.251. The van der Waals surface area contributed by atoms with Gasteiger partial charge in [-0.15, -0.1) is 0 Å². The van der Waals surface area contributed by atoms with Gasteiger partial charge in [0.2, 0.25) is 0 Å². The van der Waals surface area contributed by atoms with E-state index in [0.717, 1.165) is 18.4 Å². The van der Waals surface area contributed by atoms with Gasteiger partial charge in [-0.1, -0.05) is 41.5 Å². The van der Waals surface area contributed by atoms with Gasteiger partial charge in [0.25, 0.3) is 0 Å². The Labute approximate surface area is 121 Å². The predicted molar refractivity (Wildman–Crippen MR) is 85.2 cm³/mol. The Hall–Kier alpha value is -0.0800. The number of hydrogen-bond donors (Lipinski definition) is 1. The molecule has 1 aliphatic rings. The molecular formula is C17H36N2. The Kier molecular flexibility index (Phi) is 6.32. The van der Waals surface area contributed by atoms with Crippen LogP contribution in [0.3, 0.4) is 0 Å². The van der Waals surface area contributed by atoms with Crippen LogP contribution in [0.1, 0.15) is 60.8 Å². The molecule has 0 aromatic rings. The molecule has 114 valence electrons. The lowest BCUT2D eigenvalue weighted by Gasteiger charge is -2.52. The molecule has 3 atom stereocenters. The lowest BCUT2D eigenvalue weighted by atomic mass is 9.68. The molecule has 0 aromatic carbocycles. The van der Waals surface area contributed by atoms with Crippen LogP contribution < -0.4 is 5.73 Å². The van der Waals surface area contributed by atoms with Crippen LogP contribution in [-0.4, -0.2) is 30.1 Å². The zero-order chi connectivity index (χ0) is 14.6. The molecule has 0 saturated heterocycles. The largest absolute Gasteiger partial charge is 0.329 e. The molecule has 2 nitrogen and oxygen atoms in total. The summed E-state index contributed by atoms with van der Waals surface area (Å²) >= 11 is 0. The monoisotopic (exact) mass is 268 g/mol. The van der Waals surface area contributed by atoms with Crippen LogP contribution in [0.15, 0.2) is 0 Å². The summed E-state index contributed by atoms with van der Waals surface area (Å²) in [6.07, 6.45) is 3.96. The van der Waals surface area contributed by atoms with E-state index in [1.54, 1.807) is 0 Å². The van der Waals surface area contributed by atoms with E-state index >= 15 is 0 Å². The summed E-state index contributed by atoms with van der Waals surface area (Å²) in [6.45, 7) is 17.3. The molecule has 1 rings (SSSR count). The first-order chi connectivity index (χ1) is 8.81. The first-order valence-corrected chi connectivity index (χ1v) is 8.27. The summed E-state index contributed by atoms with van der Waals surface area (Å²) in [6, 6.07) is 0. The molecule has 1 aliphatic carbocycles. The second kappa shape index (κ2) is 7.08. The Bertz CT molecular complexity index is 252. The van der Waals surface area contributed by atoms with Gasteiger partial charge in [-0.05, 0) is 42.9 Å². The average molecular weight is 268 g/mol. The smallest absolute Gasteiger partial charge is 0.0357 e. The van der Waals surface area contributed by atoms with Crippen LogP contribution in [-0.2, 0) is 0 Å². The summed E-state index contributed by atoms with van der Waals surface area (Å²) in [7, 11) is 0. The molecule has 1 saturated carbocycles. The zero-order valence-corrected chi connectivity index (χ0v) is 14.1. The molecule has 0 heterocycles. The van der Waals surface area contributed by atoms with Crippen LogP contribution in [0.4, 0.5) is 0 Å². The van der Waals surface area contributed by atoms with Crippen molar-refractivity contribution in [1.29, 1.82) is 0 Å². The van der Waals surface area contributed by atoms with Gasteiger partial charge in [0.1, 0.15) is 0 Å². The van der Waals surface area contributed by atoms with Gasteiger partial charge < -0.3 is 5.73 Å². The van der Waals surface area contributed by atoms with Gasteiger partial charge in [-0.25, -0.2) is 0 Å². The van der Waals surface area contributed by atoms with Gasteiger partial charge in [-0.3, -0.25) is 4.90 Å². The van der Waals surface area contributed by atoms with Gasteiger partial charge in [-0.2, -0.15) is 0 Å². The van der Waals surface area contributed by atoms with E-state index in [0.29, 0.717) is 11.8 Å². The molecule has 3 unspecified atom stereocenters. The van der Waals surface area contributed by atoms with E-state index in [1.807, 2.05) is 0 Å². The van der Waals surface area contributed by atoms with Gasteiger partial charge >= 0.3 is 0 Å². The second-order valence-corrected chi connectivity index (χ2v) is 7.78. The average Bonchev–Trinajstić information content (AvgIpc) is 2.27. The predicted octanol–water partition coefficient (Wildman–Crippen LogP) is 3.75. The quantitative estimate of drug-likeness (QED) is 0.795. The molecule has 0 spiro atoms. The molecule has 0 amide bonds. The van der Waals surface area contributed by atoms with E-state index in [-0.39, 0.29) is 5.54 Å². The van der Waals surface area contributed by atoms with Crippen molar-refractivity contribution >= 4 is 0 Å². The SMILES string of the molecule is CC(C)CN(CC(C)C)C1(CN)CCC(C)CC1C. The maximum Gasteiger partial charge on any atom is 0.0357 e. The highest BCUT2D eigenvalue weighted by atomic mass is 15.2. The number of nitrogens with zero attached hydrogens (tertiary/aromatic N) is 1. The molecule has 0 aliphatic heterocycles. The van der Waals surface area contributed by atoms with Gasteiger partial charge in [0.05, 0.1) is 0 Å². The summed E-state index contributed by atoms with van der Waals surface area (Å²) in [5.74, 6) is 3.02. The Morgan fingerprint density at radius 2 is 1.63 bits per heavy atom. The van der Waals surface area contributed by atoms with Crippen molar-refractivity contribution in [3.05, 3.63) is 0 Å². The Morgan fingerprint density at radius 3 is 2.00 bits per heavy atom. The van der Waals surface area contributed by atoms with Crippen LogP contribution in [0.25, 0.3) is 0 Å². The fraction of sp³-hybridized carbons (Fsp3) is 1.00. The van der Waals surface area contributed by atoms with Crippen LogP contribution in [0, 0.1) is 23.7 Å². The number of rotatable bonds is 6. The summed E-state index contributed by atoms with van der Waals surface area (Å²) in [5, 5.41) is 0. The molecule has 0 bridgehead atoms. The van der Waals surface area contributed by atoms with Crippen molar-refractivity contribution in [2.45, 2.75) is 66.3 Å². The highest BCUT2D eigenvalue weighted by molar-refractivity contribution is 5.00. The Balaban J connectivity index is 2.92. The minimum Gasteiger partial charge on any atom is -0.329 e. The van der Waals surface area contributed by atoms with Gasteiger partial charge in [0.15, 0.2) is 0 Å². The summed E-state index contributed by atoms with van der Waals surface area (Å²) in [5.41, 5.74) is 6.54. The standard InChI is InChI=1S/C17H36N2/c1-13(2)10-19(11-14(3)4)17(12-18)8-7-15(5)9-16(17)6/h13-16H,7-12,18H2,1-6H3. The number of hydrogen-bond acceptors (Lipinski definition) is 2. The first kappa shape index (κ1) is 17.0. The third-order valence-corrected chi connectivity index (χ3v) is 4.90. The van der Waals surface area contributed by atoms with E-state index in [4.69, 9.17) is 5.73 Å². The lowest BCUT2D eigenvalue weighted by molar-refractivity contribution is -0.0144. The summed E-state index contributed by atoms with van der Waals surface area (Å²) in [4.78, 5) is 2.74. The van der Waals surface area contributed by atoms with Crippen molar-refractivity contribution in [3.63, 3.8) is 0 Å². The van der Waals surface area contributed by atoms with Crippen LogP contribution in [0.2, 0.25) is 0 Å². The molecule has 2 heteroatoms. The zero-order valence-electron chi connectivity index (χ0n) is 14.1. The summed E-state index contributed by atoms with van der Waals surface area (Å²) < 4.78 is 0. The topological polar surface area (TPSA) is 29.3 Å². The second-order valence-electron chi connectivity index (χ2n) is 7.78. The van der Waals surface area contributed by atoms with Crippen molar-refractivity contribution in [2.75, 3.05) is 19.6 Å². The van der Waals surface area contributed by atoms with E-state index in [2.05, 4.69) is 46.4 Å². The third kappa shape index (κ3) is 4.19. The maximum absolute atomic E-state index is 6.28. The van der Waals surface area contributed by atoms with Crippen molar-refractivity contribution in [2.24, 2.45) is 29.4 Å². The molecule has 19 heavy (non-hydrogen) atoms. The molecule has 0 radical (unpaired) electrons. The van der Waals surface area contributed by atoms with E-state index in [1.165, 1.54) is 32.4 Å². The minimum absolute atomic E-state index is 0.251. The number of nitrogens with two attached hydrogens (primary N) is 1. The Morgan fingerprint density at radius 1 is 1.11 bits per heavy atom. The third-order valence-electron chi connectivity index (χ3n) is 4.90. The van der Waals surface area contributed by atoms with Crippen LogP contribution in [0.5, 0.6) is 0 Å². The van der Waals surface area contributed by atoms with E-state index in [9.17, 15) is 0 Å². The van der Waals surface area contributed by atoms with Crippen molar-refractivity contribution in [3.8, 4) is 0 Å².